The van der Waals surface area contributed by atoms with Crippen LogP contribution in [0.25, 0.3) is 10.8 Å². The molecular formula is C19H26N2. The maximum absolute atomic E-state index is 4.27. The Labute approximate surface area is 128 Å². The summed E-state index contributed by atoms with van der Waals surface area (Å²) < 4.78 is 0. The molecule has 1 saturated carbocycles. The van der Waals surface area contributed by atoms with E-state index in [9.17, 15) is 0 Å². The van der Waals surface area contributed by atoms with Gasteiger partial charge < -0.3 is 5.32 Å². The lowest BCUT2D eigenvalue weighted by atomic mass is 9.85. The van der Waals surface area contributed by atoms with Gasteiger partial charge >= 0.3 is 0 Å². The van der Waals surface area contributed by atoms with Gasteiger partial charge in [-0.05, 0) is 48.7 Å². The lowest BCUT2D eigenvalue weighted by Gasteiger charge is -2.27. The van der Waals surface area contributed by atoms with Crippen LogP contribution < -0.4 is 5.32 Å². The van der Waals surface area contributed by atoms with E-state index in [1.165, 1.54) is 54.9 Å². The Kier molecular flexibility index (Phi) is 4.87. The number of fused-ring (bicyclic) bond motifs is 1. The number of rotatable bonds is 4. The van der Waals surface area contributed by atoms with E-state index in [0.29, 0.717) is 12.0 Å². The summed E-state index contributed by atoms with van der Waals surface area (Å²) in [6.45, 7) is 3.38. The fraction of sp³-hybridized carbons (Fsp3) is 0.526. The fourth-order valence-electron chi connectivity index (χ4n) is 3.72. The lowest BCUT2D eigenvalue weighted by molar-refractivity contribution is 0.412. The van der Waals surface area contributed by atoms with Gasteiger partial charge in [-0.15, -0.1) is 0 Å². The van der Waals surface area contributed by atoms with Gasteiger partial charge in [-0.25, -0.2) is 0 Å². The standard InChI is InChI=1S/C19H26N2/c1-2-12-21-19-10-5-3-4-8-18(19)17-9-6-7-15-14-20-13-11-16(15)17/h6-7,9,11,13-14,18-19,21H,2-5,8,10,12H2,1H3. The van der Waals surface area contributed by atoms with E-state index < -0.39 is 0 Å². The van der Waals surface area contributed by atoms with Crippen molar-refractivity contribution in [2.24, 2.45) is 0 Å². The summed E-state index contributed by atoms with van der Waals surface area (Å²) in [4.78, 5) is 4.27. The van der Waals surface area contributed by atoms with Gasteiger partial charge in [0.05, 0.1) is 0 Å². The summed E-state index contributed by atoms with van der Waals surface area (Å²) in [6, 6.07) is 9.52. The number of benzene rings is 1. The third-order valence-electron chi connectivity index (χ3n) is 4.79. The highest BCUT2D eigenvalue weighted by Crippen LogP contribution is 2.35. The van der Waals surface area contributed by atoms with Crippen molar-refractivity contribution in [1.82, 2.24) is 10.3 Å². The Morgan fingerprint density at radius 2 is 2.05 bits per heavy atom. The monoisotopic (exact) mass is 282 g/mol. The molecule has 2 atom stereocenters. The molecule has 1 aromatic carbocycles. The van der Waals surface area contributed by atoms with Crippen LogP contribution in [0.2, 0.25) is 0 Å². The molecule has 21 heavy (non-hydrogen) atoms. The van der Waals surface area contributed by atoms with E-state index in [1.807, 2.05) is 12.4 Å². The highest BCUT2D eigenvalue weighted by molar-refractivity contribution is 5.85. The molecule has 0 saturated heterocycles. The summed E-state index contributed by atoms with van der Waals surface area (Å²) in [5.74, 6) is 0.644. The summed E-state index contributed by atoms with van der Waals surface area (Å²) in [5, 5.41) is 6.47. The van der Waals surface area contributed by atoms with Crippen LogP contribution >= 0.6 is 0 Å². The molecule has 2 unspecified atom stereocenters. The second-order valence-corrected chi connectivity index (χ2v) is 6.25. The molecule has 0 aliphatic heterocycles. The average Bonchev–Trinajstić information content (AvgIpc) is 2.77. The Morgan fingerprint density at radius 3 is 2.95 bits per heavy atom. The van der Waals surface area contributed by atoms with Crippen LogP contribution in [0.1, 0.15) is 56.9 Å². The Bertz CT molecular complexity index is 573. The van der Waals surface area contributed by atoms with E-state index in [-0.39, 0.29) is 0 Å². The van der Waals surface area contributed by atoms with Crippen molar-refractivity contribution in [3.05, 3.63) is 42.2 Å². The first kappa shape index (κ1) is 14.5. The molecule has 112 valence electrons. The molecular weight excluding hydrogens is 256 g/mol. The Morgan fingerprint density at radius 1 is 1.14 bits per heavy atom. The number of aromatic nitrogens is 1. The number of pyridine rings is 1. The molecule has 0 radical (unpaired) electrons. The molecule has 1 aliphatic carbocycles. The average molecular weight is 282 g/mol. The van der Waals surface area contributed by atoms with Gasteiger partial charge in [0, 0.05) is 23.8 Å². The summed E-state index contributed by atoms with van der Waals surface area (Å²) >= 11 is 0. The van der Waals surface area contributed by atoms with E-state index >= 15 is 0 Å². The molecule has 1 N–H and O–H groups in total. The SMILES string of the molecule is CCCNC1CCCCCC1c1cccc2cnccc12. The molecule has 2 aromatic rings. The molecule has 0 spiro atoms. The first-order valence-corrected chi connectivity index (χ1v) is 8.46. The van der Waals surface area contributed by atoms with E-state index in [2.05, 4.69) is 41.5 Å². The molecule has 2 heteroatoms. The summed E-state index contributed by atoms with van der Waals surface area (Å²) in [6.07, 6.45) is 11.9. The molecule has 2 nitrogen and oxygen atoms in total. The van der Waals surface area contributed by atoms with Crippen molar-refractivity contribution in [1.29, 1.82) is 0 Å². The minimum Gasteiger partial charge on any atom is -0.313 e. The third kappa shape index (κ3) is 3.26. The molecule has 3 rings (SSSR count). The van der Waals surface area contributed by atoms with E-state index in [0.717, 1.165) is 6.54 Å². The van der Waals surface area contributed by atoms with Gasteiger partial charge in [-0.2, -0.15) is 0 Å². The molecule has 1 heterocycles. The molecule has 0 bridgehead atoms. The maximum atomic E-state index is 4.27. The first-order valence-electron chi connectivity index (χ1n) is 8.46. The van der Waals surface area contributed by atoms with Gasteiger partial charge in [0.25, 0.3) is 0 Å². The quantitative estimate of drug-likeness (QED) is 0.826. The van der Waals surface area contributed by atoms with Crippen LogP contribution in [0.15, 0.2) is 36.7 Å². The van der Waals surface area contributed by atoms with Crippen LogP contribution in [0.3, 0.4) is 0 Å². The summed E-state index contributed by atoms with van der Waals surface area (Å²) in [7, 11) is 0. The van der Waals surface area contributed by atoms with Crippen molar-refractivity contribution in [3.63, 3.8) is 0 Å². The van der Waals surface area contributed by atoms with Crippen LogP contribution in [0.5, 0.6) is 0 Å². The summed E-state index contributed by atoms with van der Waals surface area (Å²) in [5.41, 5.74) is 1.52. The minimum absolute atomic E-state index is 0.631. The van der Waals surface area contributed by atoms with Crippen LogP contribution in [0.4, 0.5) is 0 Å². The third-order valence-corrected chi connectivity index (χ3v) is 4.79. The lowest BCUT2D eigenvalue weighted by Crippen LogP contribution is -2.34. The van der Waals surface area contributed by atoms with Crippen molar-refractivity contribution < 1.29 is 0 Å². The van der Waals surface area contributed by atoms with Crippen molar-refractivity contribution in [3.8, 4) is 0 Å². The van der Waals surface area contributed by atoms with Gasteiger partial charge in [-0.1, -0.05) is 44.4 Å². The maximum Gasteiger partial charge on any atom is 0.0346 e. The number of nitrogens with one attached hydrogen (secondary N) is 1. The Balaban J connectivity index is 1.96. The van der Waals surface area contributed by atoms with Gasteiger partial charge in [0.15, 0.2) is 0 Å². The predicted octanol–water partition coefficient (Wildman–Crippen LogP) is 4.65. The highest BCUT2D eigenvalue weighted by atomic mass is 14.9. The topological polar surface area (TPSA) is 24.9 Å². The Hall–Kier alpha value is -1.41. The van der Waals surface area contributed by atoms with Crippen LogP contribution in [-0.2, 0) is 0 Å². The fourth-order valence-corrected chi connectivity index (χ4v) is 3.72. The van der Waals surface area contributed by atoms with Gasteiger partial charge in [0.1, 0.15) is 0 Å². The van der Waals surface area contributed by atoms with Crippen molar-refractivity contribution in [2.75, 3.05) is 6.54 Å². The minimum atomic E-state index is 0.631. The predicted molar refractivity (Wildman–Crippen MR) is 89.7 cm³/mol. The molecule has 1 aliphatic rings. The number of hydrogen-bond acceptors (Lipinski definition) is 2. The van der Waals surface area contributed by atoms with Crippen molar-refractivity contribution >= 4 is 10.8 Å². The van der Waals surface area contributed by atoms with Crippen LogP contribution in [0, 0.1) is 0 Å². The number of nitrogens with zero attached hydrogens (tertiary/aromatic N) is 1. The highest BCUT2D eigenvalue weighted by Gasteiger charge is 2.25. The van der Waals surface area contributed by atoms with Gasteiger partial charge in [0.2, 0.25) is 0 Å². The number of hydrogen-bond donors (Lipinski definition) is 1. The van der Waals surface area contributed by atoms with Crippen molar-refractivity contribution in [2.45, 2.75) is 57.4 Å². The normalized spacial score (nSPS) is 23.1. The van der Waals surface area contributed by atoms with Gasteiger partial charge in [-0.3, -0.25) is 4.98 Å². The smallest absolute Gasteiger partial charge is 0.0346 e. The van der Waals surface area contributed by atoms with E-state index in [1.54, 1.807) is 0 Å². The first-order chi connectivity index (χ1) is 10.4. The molecule has 0 amide bonds. The molecule has 1 aromatic heterocycles. The van der Waals surface area contributed by atoms with Crippen LogP contribution in [-0.4, -0.2) is 17.6 Å². The van der Waals surface area contributed by atoms with E-state index in [4.69, 9.17) is 0 Å². The zero-order valence-corrected chi connectivity index (χ0v) is 13.0. The zero-order valence-electron chi connectivity index (χ0n) is 13.0. The second kappa shape index (κ2) is 7.04. The largest absolute Gasteiger partial charge is 0.313 e. The second-order valence-electron chi connectivity index (χ2n) is 6.25. The molecule has 1 fully saturated rings. The zero-order chi connectivity index (χ0) is 14.5.